The highest BCUT2D eigenvalue weighted by Gasteiger charge is 2.24. The molecule has 1 aromatic heterocycles. The Morgan fingerprint density at radius 1 is 1.37 bits per heavy atom. The van der Waals surface area contributed by atoms with Crippen molar-refractivity contribution in [1.29, 1.82) is 0 Å². The summed E-state index contributed by atoms with van der Waals surface area (Å²) in [6.45, 7) is 1.69. The second-order valence-corrected chi connectivity index (χ2v) is 4.66. The van der Waals surface area contributed by atoms with E-state index in [1.54, 1.807) is 43.6 Å². The molecule has 0 aliphatic rings. The monoisotopic (exact) mass is 261 g/mol. The zero-order valence-corrected chi connectivity index (χ0v) is 10.9. The SMILES string of the molecule is COc1ccc(CC(C)(O)c2cccnc2)cc1F. The highest BCUT2D eigenvalue weighted by Crippen LogP contribution is 2.26. The number of hydrogen-bond acceptors (Lipinski definition) is 3. The normalized spacial score (nSPS) is 13.9. The Bertz CT molecular complexity index is 555. The topological polar surface area (TPSA) is 42.4 Å². The number of pyridine rings is 1. The number of benzene rings is 1. The predicted octanol–water partition coefficient (Wildman–Crippen LogP) is 2.68. The van der Waals surface area contributed by atoms with Gasteiger partial charge >= 0.3 is 0 Å². The molecule has 3 nitrogen and oxygen atoms in total. The fraction of sp³-hybridized carbons (Fsp3) is 0.267. The predicted molar refractivity (Wildman–Crippen MR) is 70.5 cm³/mol. The van der Waals surface area contributed by atoms with Crippen LogP contribution in [0.15, 0.2) is 42.7 Å². The fourth-order valence-corrected chi connectivity index (χ4v) is 2.00. The summed E-state index contributed by atoms with van der Waals surface area (Å²) in [5.41, 5.74) is 0.313. The van der Waals surface area contributed by atoms with E-state index in [0.717, 1.165) is 0 Å². The summed E-state index contributed by atoms with van der Waals surface area (Å²) in [5, 5.41) is 10.5. The molecule has 100 valence electrons. The van der Waals surface area contributed by atoms with Gasteiger partial charge in [-0.1, -0.05) is 12.1 Å². The van der Waals surface area contributed by atoms with Crippen LogP contribution in [0.4, 0.5) is 4.39 Å². The Morgan fingerprint density at radius 2 is 2.16 bits per heavy atom. The number of hydrogen-bond donors (Lipinski definition) is 1. The Hall–Kier alpha value is -1.94. The highest BCUT2D eigenvalue weighted by molar-refractivity contribution is 5.31. The van der Waals surface area contributed by atoms with E-state index in [1.165, 1.54) is 13.2 Å². The third-order valence-corrected chi connectivity index (χ3v) is 3.05. The van der Waals surface area contributed by atoms with Gasteiger partial charge in [-0.05, 0) is 30.7 Å². The molecule has 0 spiro atoms. The minimum atomic E-state index is -1.09. The largest absolute Gasteiger partial charge is 0.494 e. The van der Waals surface area contributed by atoms with E-state index in [2.05, 4.69) is 4.98 Å². The van der Waals surface area contributed by atoms with E-state index in [4.69, 9.17) is 4.74 Å². The van der Waals surface area contributed by atoms with Crippen LogP contribution in [0.3, 0.4) is 0 Å². The van der Waals surface area contributed by atoms with Crippen LogP contribution < -0.4 is 4.74 Å². The molecule has 0 aliphatic heterocycles. The smallest absolute Gasteiger partial charge is 0.165 e. The average Bonchev–Trinajstić information content (AvgIpc) is 2.39. The van der Waals surface area contributed by atoms with Gasteiger partial charge in [0.15, 0.2) is 11.6 Å². The van der Waals surface area contributed by atoms with Crippen LogP contribution in [-0.4, -0.2) is 17.2 Å². The Labute approximate surface area is 111 Å². The van der Waals surface area contributed by atoms with Crippen LogP contribution in [0.5, 0.6) is 5.75 Å². The molecule has 1 aromatic carbocycles. The van der Waals surface area contributed by atoms with Gasteiger partial charge in [0.25, 0.3) is 0 Å². The minimum Gasteiger partial charge on any atom is -0.494 e. The number of aliphatic hydroxyl groups is 1. The number of rotatable bonds is 4. The first-order chi connectivity index (χ1) is 9.03. The van der Waals surface area contributed by atoms with Crippen molar-refractivity contribution in [3.8, 4) is 5.75 Å². The molecule has 0 fully saturated rings. The van der Waals surface area contributed by atoms with Gasteiger partial charge in [0, 0.05) is 24.4 Å². The first kappa shape index (κ1) is 13.5. The summed E-state index contributed by atoms with van der Waals surface area (Å²) in [7, 11) is 1.42. The van der Waals surface area contributed by atoms with E-state index in [0.29, 0.717) is 17.5 Å². The number of nitrogens with zero attached hydrogens (tertiary/aromatic N) is 1. The van der Waals surface area contributed by atoms with Crippen molar-refractivity contribution < 1.29 is 14.2 Å². The van der Waals surface area contributed by atoms with Crippen LogP contribution in [-0.2, 0) is 12.0 Å². The summed E-state index contributed by atoms with van der Waals surface area (Å²) in [5.74, 6) is -0.230. The average molecular weight is 261 g/mol. The van der Waals surface area contributed by atoms with E-state index < -0.39 is 11.4 Å². The summed E-state index contributed by atoms with van der Waals surface area (Å²) >= 11 is 0. The first-order valence-electron chi connectivity index (χ1n) is 5.98. The summed E-state index contributed by atoms with van der Waals surface area (Å²) in [6, 6.07) is 8.24. The van der Waals surface area contributed by atoms with Crippen molar-refractivity contribution in [2.75, 3.05) is 7.11 Å². The Balaban J connectivity index is 2.23. The van der Waals surface area contributed by atoms with Gasteiger partial charge in [0.1, 0.15) is 0 Å². The molecule has 2 aromatic rings. The quantitative estimate of drug-likeness (QED) is 0.920. The van der Waals surface area contributed by atoms with E-state index >= 15 is 0 Å². The van der Waals surface area contributed by atoms with Gasteiger partial charge in [-0.3, -0.25) is 4.98 Å². The second-order valence-electron chi connectivity index (χ2n) is 4.66. The molecular weight excluding hydrogens is 245 g/mol. The summed E-state index contributed by atoms with van der Waals surface area (Å²) in [4.78, 5) is 3.98. The van der Waals surface area contributed by atoms with Crippen LogP contribution in [0, 0.1) is 5.82 Å². The molecule has 4 heteroatoms. The maximum Gasteiger partial charge on any atom is 0.165 e. The summed E-state index contributed by atoms with van der Waals surface area (Å²) < 4.78 is 18.5. The molecule has 0 amide bonds. The van der Waals surface area contributed by atoms with Gasteiger partial charge in [0.05, 0.1) is 12.7 Å². The zero-order valence-electron chi connectivity index (χ0n) is 10.9. The maximum absolute atomic E-state index is 13.6. The highest BCUT2D eigenvalue weighted by atomic mass is 19.1. The maximum atomic E-state index is 13.6. The number of aromatic nitrogens is 1. The molecule has 0 bridgehead atoms. The summed E-state index contributed by atoms with van der Waals surface area (Å²) in [6.07, 6.45) is 3.56. The fourth-order valence-electron chi connectivity index (χ4n) is 2.00. The number of halogens is 1. The van der Waals surface area contributed by atoms with Crippen LogP contribution in [0.25, 0.3) is 0 Å². The molecule has 0 radical (unpaired) electrons. The van der Waals surface area contributed by atoms with Crippen LogP contribution in [0.2, 0.25) is 0 Å². The van der Waals surface area contributed by atoms with Gasteiger partial charge in [-0.2, -0.15) is 0 Å². The number of methoxy groups -OCH3 is 1. The molecule has 0 aliphatic carbocycles. The van der Waals surface area contributed by atoms with Gasteiger partial charge in [-0.25, -0.2) is 4.39 Å². The third-order valence-electron chi connectivity index (χ3n) is 3.05. The first-order valence-corrected chi connectivity index (χ1v) is 5.98. The lowest BCUT2D eigenvalue weighted by Crippen LogP contribution is -2.24. The van der Waals surface area contributed by atoms with E-state index in [-0.39, 0.29) is 5.75 Å². The molecule has 1 atom stereocenters. The minimum absolute atomic E-state index is 0.199. The Morgan fingerprint density at radius 3 is 2.74 bits per heavy atom. The molecular formula is C15H16FNO2. The standard InChI is InChI=1S/C15H16FNO2/c1-15(18,12-4-3-7-17-10-12)9-11-5-6-14(19-2)13(16)8-11/h3-8,10,18H,9H2,1-2H3. The van der Waals surface area contributed by atoms with E-state index in [1.807, 2.05) is 0 Å². The lowest BCUT2D eigenvalue weighted by atomic mass is 9.90. The van der Waals surface area contributed by atoms with Crippen molar-refractivity contribution in [2.45, 2.75) is 18.9 Å². The number of ether oxygens (including phenoxy) is 1. The second kappa shape index (κ2) is 5.36. The van der Waals surface area contributed by atoms with Crippen molar-refractivity contribution in [3.63, 3.8) is 0 Å². The molecule has 0 saturated heterocycles. The molecule has 1 heterocycles. The molecule has 1 N–H and O–H groups in total. The van der Waals surface area contributed by atoms with Gasteiger partial charge in [0.2, 0.25) is 0 Å². The molecule has 0 saturated carbocycles. The lowest BCUT2D eigenvalue weighted by Gasteiger charge is -2.23. The van der Waals surface area contributed by atoms with Crippen molar-refractivity contribution in [3.05, 3.63) is 59.7 Å². The van der Waals surface area contributed by atoms with E-state index in [9.17, 15) is 9.50 Å². The van der Waals surface area contributed by atoms with Gasteiger partial charge < -0.3 is 9.84 Å². The molecule has 2 rings (SSSR count). The van der Waals surface area contributed by atoms with Crippen molar-refractivity contribution in [2.24, 2.45) is 0 Å². The Kier molecular flexibility index (Phi) is 3.81. The lowest BCUT2D eigenvalue weighted by molar-refractivity contribution is 0.0572. The van der Waals surface area contributed by atoms with Crippen LogP contribution in [0.1, 0.15) is 18.1 Å². The van der Waals surface area contributed by atoms with Crippen molar-refractivity contribution in [1.82, 2.24) is 4.98 Å². The van der Waals surface area contributed by atoms with Crippen LogP contribution >= 0.6 is 0 Å². The third kappa shape index (κ3) is 3.09. The van der Waals surface area contributed by atoms with Crippen molar-refractivity contribution >= 4 is 0 Å². The molecule has 1 unspecified atom stereocenters. The zero-order chi connectivity index (χ0) is 13.9. The van der Waals surface area contributed by atoms with Gasteiger partial charge in [-0.15, -0.1) is 0 Å². The molecule has 19 heavy (non-hydrogen) atoms.